The fraction of sp³-hybridized carbons (Fsp3) is 0.235. The van der Waals surface area contributed by atoms with E-state index in [0.29, 0.717) is 5.69 Å². The Morgan fingerprint density at radius 3 is 2.85 bits per heavy atom. The highest BCUT2D eigenvalue weighted by molar-refractivity contribution is 5.94. The van der Waals surface area contributed by atoms with Crippen LogP contribution in [0, 0.1) is 17.6 Å². The molecule has 0 unspecified atom stereocenters. The van der Waals surface area contributed by atoms with Crippen molar-refractivity contribution in [1.29, 1.82) is 0 Å². The monoisotopic (exact) mass is 364 g/mol. The molecule has 3 rings (SSSR count). The quantitative estimate of drug-likeness (QED) is 0.820. The molecule has 136 valence electrons. The summed E-state index contributed by atoms with van der Waals surface area (Å²) in [6.07, 6.45) is 1.23. The number of rotatable bonds is 4. The van der Waals surface area contributed by atoms with Crippen LogP contribution in [0.4, 0.5) is 23.7 Å². The largest absolute Gasteiger partial charge is 0.348 e. The molecule has 0 bridgehead atoms. The number of halogens is 3. The maximum Gasteiger partial charge on any atom is 0.322 e. The predicted octanol–water partition coefficient (Wildman–Crippen LogP) is 2.72. The van der Waals surface area contributed by atoms with Crippen LogP contribution in [0.25, 0.3) is 0 Å². The van der Waals surface area contributed by atoms with E-state index in [4.69, 9.17) is 0 Å². The molecule has 0 saturated heterocycles. The number of anilines is 1. The van der Waals surface area contributed by atoms with Gasteiger partial charge in [-0.05, 0) is 19.1 Å². The Labute approximate surface area is 147 Å². The van der Waals surface area contributed by atoms with Crippen LogP contribution in [0.2, 0.25) is 0 Å². The van der Waals surface area contributed by atoms with Gasteiger partial charge < -0.3 is 15.5 Å². The van der Waals surface area contributed by atoms with Gasteiger partial charge in [-0.25, -0.2) is 18.6 Å². The molecule has 0 fully saturated rings. The molecule has 1 aromatic carbocycles. The molecule has 9 heteroatoms. The van der Waals surface area contributed by atoms with E-state index in [-0.39, 0.29) is 24.2 Å². The lowest BCUT2D eigenvalue weighted by Crippen LogP contribution is -2.45. The van der Waals surface area contributed by atoms with Crippen molar-refractivity contribution in [2.45, 2.75) is 19.5 Å². The van der Waals surface area contributed by atoms with Crippen molar-refractivity contribution in [3.8, 4) is 0 Å². The van der Waals surface area contributed by atoms with E-state index in [9.17, 15) is 22.8 Å². The second-order valence-electron chi connectivity index (χ2n) is 5.87. The van der Waals surface area contributed by atoms with Crippen molar-refractivity contribution < 1.29 is 22.8 Å². The number of urea groups is 1. The smallest absolute Gasteiger partial charge is 0.322 e. The highest BCUT2D eigenvalue weighted by atomic mass is 19.1. The lowest BCUT2D eigenvalue weighted by atomic mass is 10.1. The van der Waals surface area contributed by atoms with E-state index in [1.54, 1.807) is 0 Å². The summed E-state index contributed by atoms with van der Waals surface area (Å²) in [6, 6.07) is 3.22. The summed E-state index contributed by atoms with van der Waals surface area (Å²) < 4.78 is 40.5. The Morgan fingerprint density at radius 2 is 2.12 bits per heavy atom. The van der Waals surface area contributed by atoms with Gasteiger partial charge in [-0.3, -0.25) is 4.79 Å². The van der Waals surface area contributed by atoms with Crippen LogP contribution in [-0.2, 0) is 11.3 Å². The minimum atomic E-state index is -0.782. The number of carbonyl (C=O) groups is 2. The van der Waals surface area contributed by atoms with Gasteiger partial charge in [0.15, 0.2) is 0 Å². The van der Waals surface area contributed by atoms with Crippen molar-refractivity contribution in [2.24, 2.45) is 0 Å². The van der Waals surface area contributed by atoms with E-state index in [1.807, 2.05) is 0 Å². The number of pyridine rings is 1. The van der Waals surface area contributed by atoms with Crippen molar-refractivity contribution in [3.63, 3.8) is 0 Å². The van der Waals surface area contributed by atoms with Crippen molar-refractivity contribution in [3.05, 3.63) is 59.2 Å². The van der Waals surface area contributed by atoms with Gasteiger partial charge in [0.05, 0.1) is 23.8 Å². The van der Waals surface area contributed by atoms with E-state index in [2.05, 4.69) is 15.6 Å². The average Bonchev–Trinajstić information content (AvgIpc) is 2.56. The Kier molecular flexibility index (Phi) is 4.79. The number of benzene rings is 1. The number of amides is 3. The van der Waals surface area contributed by atoms with Gasteiger partial charge in [0, 0.05) is 17.8 Å². The Balaban J connectivity index is 1.66. The van der Waals surface area contributed by atoms with Gasteiger partial charge in [0.2, 0.25) is 11.9 Å². The molecule has 2 aromatic rings. The predicted molar refractivity (Wildman–Crippen MR) is 86.5 cm³/mol. The number of hydrogen-bond acceptors (Lipinski definition) is 3. The summed E-state index contributed by atoms with van der Waals surface area (Å²) in [7, 11) is 0. The van der Waals surface area contributed by atoms with Crippen LogP contribution in [0.15, 0.2) is 30.5 Å². The first-order chi connectivity index (χ1) is 12.3. The van der Waals surface area contributed by atoms with Crippen LogP contribution in [0.5, 0.6) is 0 Å². The van der Waals surface area contributed by atoms with E-state index in [0.717, 1.165) is 17.0 Å². The number of carbonyl (C=O) groups excluding carboxylic acids is 2. The molecule has 2 N–H and O–H groups in total. The second-order valence-corrected chi connectivity index (χ2v) is 5.87. The molecule has 1 aromatic heterocycles. The average molecular weight is 364 g/mol. The van der Waals surface area contributed by atoms with E-state index < -0.39 is 35.6 Å². The first-order valence-corrected chi connectivity index (χ1v) is 7.78. The van der Waals surface area contributed by atoms with Gasteiger partial charge in [-0.2, -0.15) is 4.39 Å². The summed E-state index contributed by atoms with van der Waals surface area (Å²) in [5.41, 5.74) is 0.599. The summed E-state index contributed by atoms with van der Waals surface area (Å²) in [5.74, 6) is -2.79. The van der Waals surface area contributed by atoms with Crippen molar-refractivity contribution >= 4 is 17.6 Å². The summed E-state index contributed by atoms with van der Waals surface area (Å²) in [4.78, 5) is 28.8. The number of fused-ring (bicyclic) bond motifs is 1. The second kappa shape index (κ2) is 7.03. The number of nitrogens with zero attached hydrogens (tertiary/aromatic N) is 2. The SMILES string of the molecule is C[C@H](NC(=O)CN1Cc2c(ccnc2F)NC1=O)c1ccc(F)cc1F. The van der Waals surface area contributed by atoms with Gasteiger partial charge in [0.25, 0.3) is 0 Å². The van der Waals surface area contributed by atoms with Crippen LogP contribution >= 0.6 is 0 Å². The molecule has 0 radical (unpaired) electrons. The summed E-state index contributed by atoms with van der Waals surface area (Å²) >= 11 is 0. The van der Waals surface area contributed by atoms with Crippen molar-refractivity contribution in [2.75, 3.05) is 11.9 Å². The lowest BCUT2D eigenvalue weighted by Gasteiger charge is -2.29. The maximum atomic E-state index is 13.8. The number of aromatic nitrogens is 1. The van der Waals surface area contributed by atoms with Gasteiger partial charge in [-0.15, -0.1) is 0 Å². The van der Waals surface area contributed by atoms with Crippen LogP contribution in [0.1, 0.15) is 24.1 Å². The highest BCUT2D eigenvalue weighted by Crippen LogP contribution is 2.24. The van der Waals surface area contributed by atoms with E-state index in [1.165, 1.54) is 25.3 Å². The molecular formula is C17H15F3N4O2. The maximum absolute atomic E-state index is 13.8. The third-order valence-corrected chi connectivity index (χ3v) is 4.02. The minimum Gasteiger partial charge on any atom is -0.348 e. The first-order valence-electron chi connectivity index (χ1n) is 7.78. The standard InChI is InChI=1S/C17H15F3N4O2/c1-9(11-3-2-10(18)6-13(11)19)22-15(25)8-24-7-12-14(23-17(24)26)4-5-21-16(12)20/h2-6,9H,7-8H2,1H3,(H,22,25)(H,23,26)/t9-/m0/s1. The van der Waals surface area contributed by atoms with Crippen LogP contribution < -0.4 is 10.6 Å². The zero-order valence-corrected chi connectivity index (χ0v) is 13.7. The van der Waals surface area contributed by atoms with Gasteiger partial charge in [0.1, 0.15) is 18.2 Å². The first kappa shape index (κ1) is 17.7. The Bertz CT molecular complexity index is 875. The van der Waals surface area contributed by atoms with E-state index >= 15 is 0 Å². The Hall–Kier alpha value is -3.10. The molecule has 2 heterocycles. The molecule has 1 aliphatic rings. The molecule has 1 atom stereocenters. The zero-order valence-electron chi connectivity index (χ0n) is 13.7. The molecule has 26 heavy (non-hydrogen) atoms. The highest BCUT2D eigenvalue weighted by Gasteiger charge is 2.27. The van der Waals surface area contributed by atoms with Crippen LogP contribution in [-0.4, -0.2) is 28.4 Å². The molecule has 0 aliphatic carbocycles. The normalized spacial score (nSPS) is 14.5. The Morgan fingerprint density at radius 1 is 1.35 bits per heavy atom. The number of hydrogen-bond donors (Lipinski definition) is 2. The summed E-state index contributed by atoms with van der Waals surface area (Å²) in [5, 5.41) is 5.01. The zero-order chi connectivity index (χ0) is 18.8. The fourth-order valence-corrected chi connectivity index (χ4v) is 2.71. The molecule has 0 saturated carbocycles. The van der Waals surface area contributed by atoms with Crippen LogP contribution in [0.3, 0.4) is 0 Å². The topological polar surface area (TPSA) is 74.3 Å². The van der Waals surface area contributed by atoms with Crippen molar-refractivity contribution in [1.82, 2.24) is 15.2 Å². The summed E-state index contributed by atoms with van der Waals surface area (Å²) in [6.45, 7) is 1.06. The number of nitrogens with one attached hydrogen (secondary N) is 2. The fourth-order valence-electron chi connectivity index (χ4n) is 2.71. The molecule has 1 aliphatic heterocycles. The van der Waals surface area contributed by atoms with Gasteiger partial charge >= 0.3 is 6.03 Å². The third-order valence-electron chi connectivity index (χ3n) is 4.02. The lowest BCUT2D eigenvalue weighted by molar-refractivity contribution is -0.122. The molecule has 3 amide bonds. The third kappa shape index (κ3) is 3.61. The van der Waals surface area contributed by atoms with Gasteiger partial charge in [-0.1, -0.05) is 6.07 Å². The molecule has 0 spiro atoms. The molecular weight excluding hydrogens is 349 g/mol. The molecule has 6 nitrogen and oxygen atoms in total. The minimum absolute atomic E-state index is 0.114.